The normalized spacial score (nSPS) is 10.8. The van der Waals surface area contributed by atoms with Crippen LogP contribution in [0.1, 0.15) is 0 Å². The van der Waals surface area contributed by atoms with Crippen molar-refractivity contribution in [2.75, 3.05) is 7.11 Å². The summed E-state index contributed by atoms with van der Waals surface area (Å²) in [6, 6.07) is 28.0. The highest BCUT2D eigenvalue weighted by atomic mass is 16.5. The molecule has 5 rings (SSSR count). The molecule has 0 aliphatic carbocycles. The lowest BCUT2D eigenvalue weighted by atomic mass is 10.0. The van der Waals surface area contributed by atoms with Gasteiger partial charge in [-0.05, 0) is 30.3 Å². The van der Waals surface area contributed by atoms with Gasteiger partial charge in [-0.3, -0.25) is 0 Å². The van der Waals surface area contributed by atoms with E-state index < -0.39 is 0 Å². The third kappa shape index (κ3) is 3.29. The van der Waals surface area contributed by atoms with Crippen LogP contribution < -0.4 is 9.47 Å². The van der Waals surface area contributed by atoms with Gasteiger partial charge < -0.3 is 14.5 Å². The summed E-state index contributed by atoms with van der Waals surface area (Å²) < 4.78 is 11.7. The molecular weight excluding hydrogens is 372 g/mol. The third-order valence-electron chi connectivity index (χ3n) is 5.10. The molecule has 0 aliphatic heterocycles. The summed E-state index contributed by atoms with van der Waals surface area (Å²) in [4.78, 5) is 7.93. The molecule has 0 spiro atoms. The molecule has 0 saturated heterocycles. The zero-order chi connectivity index (χ0) is 20.3. The van der Waals surface area contributed by atoms with Crippen LogP contribution in [0.4, 0.5) is 0 Å². The van der Waals surface area contributed by atoms with Crippen LogP contribution in [0.15, 0.2) is 97.3 Å². The Kier molecular flexibility index (Phi) is 4.66. The monoisotopic (exact) mass is 392 g/mol. The van der Waals surface area contributed by atoms with Crippen LogP contribution in [0, 0.1) is 0 Å². The molecule has 0 saturated carbocycles. The standard InChI is InChI=1S/C26H20N2O2/c1-29-24-13-7-6-12-21(24)23-17-28-26-22(23)15-18(16-27-26)20-11-5-8-14-25(20)30-19-9-3-2-4-10-19/h2-17H,1H3,(H,27,28). The summed E-state index contributed by atoms with van der Waals surface area (Å²) in [5, 5.41) is 1.03. The number of ether oxygens (including phenoxy) is 2. The molecule has 1 N–H and O–H groups in total. The fourth-order valence-electron chi connectivity index (χ4n) is 3.65. The maximum absolute atomic E-state index is 6.15. The van der Waals surface area contributed by atoms with Crippen LogP contribution in [0.2, 0.25) is 0 Å². The predicted octanol–water partition coefficient (Wildman–Crippen LogP) is 6.70. The molecule has 0 aliphatic rings. The third-order valence-corrected chi connectivity index (χ3v) is 5.10. The molecule has 0 radical (unpaired) electrons. The van der Waals surface area contributed by atoms with Gasteiger partial charge in [-0.1, -0.05) is 54.6 Å². The lowest BCUT2D eigenvalue weighted by Crippen LogP contribution is -1.90. The highest BCUT2D eigenvalue weighted by Crippen LogP contribution is 2.38. The second-order valence-corrected chi connectivity index (χ2v) is 6.93. The van der Waals surface area contributed by atoms with Crippen LogP contribution in [0.5, 0.6) is 17.2 Å². The summed E-state index contributed by atoms with van der Waals surface area (Å²) in [5.74, 6) is 2.42. The van der Waals surface area contributed by atoms with Crippen molar-refractivity contribution in [1.29, 1.82) is 0 Å². The molecule has 0 atom stereocenters. The van der Waals surface area contributed by atoms with E-state index in [0.717, 1.165) is 50.5 Å². The van der Waals surface area contributed by atoms with Crippen molar-refractivity contribution in [1.82, 2.24) is 9.97 Å². The molecule has 3 aromatic carbocycles. The van der Waals surface area contributed by atoms with Gasteiger partial charge in [-0.2, -0.15) is 0 Å². The van der Waals surface area contributed by atoms with E-state index in [9.17, 15) is 0 Å². The van der Waals surface area contributed by atoms with Gasteiger partial charge in [-0.25, -0.2) is 4.98 Å². The van der Waals surface area contributed by atoms with Crippen LogP contribution >= 0.6 is 0 Å². The minimum Gasteiger partial charge on any atom is -0.496 e. The zero-order valence-electron chi connectivity index (χ0n) is 16.5. The quantitative estimate of drug-likeness (QED) is 0.362. The number of para-hydroxylation sites is 3. The van der Waals surface area contributed by atoms with E-state index in [0.29, 0.717) is 0 Å². The number of nitrogens with zero attached hydrogens (tertiary/aromatic N) is 1. The summed E-state index contributed by atoms with van der Waals surface area (Å²) in [7, 11) is 1.69. The summed E-state index contributed by atoms with van der Waals surface area (Å²) in [6.07, 6.45) is 3.85. The smallest absolute Gasteiger partial charge is 0.137 e. The molecule has 4 nitrogen and oxygen atoms in total. The van der Waals surface area contributed by atoms with Gasteiger partial charge in [-0.15, -0.1) is 0 Å². The molecule has 146 valence electrons. The molecule has 30 heavy (non-hydrogen) atoms. The Labute approximate surface area is 174 Å². The lowest BCUT2D eigenvalue weighted by molar-refractivity contribution is 0.416. The van der Waals surface area contributed by atoms with Crippen molar-refractivity contribution in [3.05, 3.63) is 97.3 Å². The average molecular weight is 392 g/mol. The number of nitrogens with one attached hydrogen (secondary N) is 1. The van der Waals surface area contributed by atoms with E-state index in [-0.39, 0.29) is 0 Å². The van der Waals surface area contributed by atoms with Gasteiger partial charge >= 0.3 is 0 Å². The van der Waals surface area contributed by atoms with E-state index in [1.54, 1.807) is 7.11 Å². The minimum atomic E-state index is 0.791. The molecule has 0 fully saturated rings. The molecule has 0 unspecified atom stereocenters. The minimum absolute atomic E-state index is 0.791. The fourth-order valence-corrected chi connectivity index (χ4v) is 3.65. The van der Waals surface area contributed by atoms with Crippen LogP contribution in [0.3, 0.4) is 0 Å². The van der Waals surface area contributed by atoms with Crippen LogP contribution in [-0.4, -0.2) is 17.1 Å². The first-order chi connectivity index (χ1) is 14.8. The predicted molar refractivity (Wildman–Crippen MR) is 120 cm³/mol. The molecule has 4 heteroatoms. The molecule has 5 aromatic rings. The molecule has 2 aromatic heterocycles. The average Bonchev–Trinajstić information content (AvgIpc) is 3.23. The largest absolute Gasteiger partial charge is 0.496 e. The highest BCUT2D eigenvalue weighted by Gasteiger charge is 2.14. The second kappa shape index (κ2) is 7.76. The van der Waals surface area contributed by atoms with Crippen molar-refractivity contribution < 1.29 is 9.47 Å². The number of hydrogen-bond acceptors (Lipinski definition) is 3. The number of benzene rings is 3. The van der Waals surface area contributed by atoms with Crippen molar-refractivity contribution in [2.24, 2.45) is 0 Å². The van der Waals surface area contributed by atoms with E-state index >= 15 is 0 Å². The Morgan fingerprint density at radius 2 is 1.43 bits per heavy atom. The maximum atomic E-state index is 6.15. The lowest BCUT2D eigenvalue weighted by Gasteiger charge is -2.12. The number of aromatic amines is 1. The van der Waals surface area contributed by atoms with E-state index in [1.807, 2.05) is 79.1 Å². The van der Waals surface area contributed by atoms with Crippen molar-refractivity contribution in [2.45, 2.75) is 0 Å². The first kappa shape index (κ1) is 18.0. The van der Waals surface area contributed by atoms with Crippen LogP contribution in [0.25, 0.3) is 33.3 Å². The Balaban J connectivity index is 1.62. The van der Waals surface area contributed by atoms with Crippen LogP contribution in [-0.2, 0) is 0 Å². The number of fused-ring (bicyclic) bond motifs is 1. The number of pyridine rings is 1. The van der Waals surface area contributed by atoms with Gasteiger partial charge in [0, 0.05) is 40.0 Å². The maximum Gasteiger partial charge on any atom is 0.137 e. The number of aromatic nitrogens is 2. The number of hydrogen-bond donors (Lipinski definition) is 1. The molecule has 0 bridgehead atoms. The van der Waals surface area contributed by atoms with Gasteiger partial charge in [0.15, 0.2) is 0 Å². The zero-order valence-corrected chi connectivity index (χ0v) is 16.5. The van der Waals surface area contributed by atoms with E-state index in [4.69, 9.17) is 9.47 Å². The van der Waals surface area contributed by atoms with Gasteiger partial charge in [0.05, 0.1) is 7.11 Å². The summed E-state index contributed by atoms with van der Waals surface area (Å²) >= 11 is 0. The second-order valence-electron chi connectivity index (χ2n) is 6.93. The van der Waals surface area contributed by atoms with Crippen molar-refractivity contribution >= 4 is 11.0 Å². The molecule has 0 amide bonds. The Morgan fingerprint density at radius 3 is 2.23 bits per heavy atom. The van der Waals surface area contributed by atoms with E-state index in [2.05, 4.69) is 28.2 Å². The Bertz CT molecular complexity index is 1310. The van der Waals surface area contributed by atoms with Gasteiger partial charge in [0.2, 0.25) is 0 Å². The van der Waals surface area contributed by atoms with Crippen molar-refractivity contribution in [3.8, 4) is 39.5 Å². The molecule has 2 heterocycles. The topological polar surface area (TPSA) is 47.1 Å². The summed E-state index contributed by atoms with van der Waals surface area (Å²) in [6.45, 7) is 0. The van der Waals surface area contributed by atoms with E-state index in [1.165, 1.54) is 0 Å². The SMILES string of the molecule is COc1ccccc1-c1c[nH]c2ncc(-c3ccccc3Oc3ccccc3)cc12. The fraction of sp³-hybridized carbons (Fsp3) is 0.0385. The number of rotatable bonds is 5. The summed E-state index contributed by atoms with van der Waals surface area (Å²) in [5.41, 5.74) is 4.89. The van der Waals surface area contributed by atoms with Gasteiger partial charge in [0.1, 0.15) is 22.9 Å². The first-order valence-corrected chi connectivity index (χ1v) is 9.76. The van der Waals surface area contributed by atoms with Gasteiger partial charge in [0.25, 0.3) is 0 Å². The highest BCUT2D eigenvalue weighted by molar-refractivity contribution is 5.97. The van der Waals surface area contributed by atoms with Crippen molar-refractivity contribution in [3.63, 3.8) is 0 Å². The first-order valence-electron chi connectivity index (χ1n) is 9.76. The Morgan fingerprint density at radius 1 is 0.733 bits per heavy atom. The molecular formula is C26H20N2O2. The number of H-pyrrole nitrogens is 1. The Hall–Kier alpha value is -4.05. The number of methoxy groups -OCH3 is 1.